The SMILES string of the molecule is CNCCC=Cc1ccc2nc(C)oc2c1. The van der Waals surface area contributed by atoms with Crippen LogP contribution in [-0.2, 0) is 0 Å². The fraction of sp³-hybridized carbons (Fsp3) is 0.308. The molecule has 0 saturated heterocycles. The lowest BCUT2D eigenvalue weighted by Gasteiger charge is -1.93. The number of oxazole rings is 1. The van der Waals surface area contributed by atoms with Gasteiger partial charge in [0.05, 0.1) is 0 Å². The second-order valence-electron chi connectivity index (χ2n) is 3.75. The zero-order valence-electron chi connectivity index (χ0n) is 9.66. The number of aryl methyl sites for hydroxylation is 1. The fourth-order valence-electron chi connectivity index (χ4n) is 1.61. The zero-order valence-corrected chi connectivity index (χ0v) is 9.66. The van der Waals surface area contributed by atoms with Crippen LogP contribution >= 0.6 is 0 Å². The number of aromatic nitrogens is 1. The lowest BCUT2D eigenvalue weighted by Crippen LogP contribution is -2.05. The van der Waals surface area contributed by atoms with Gasteiger partial charge in [-0.15, -0.1) is 0 Å². The van der Waals surface area contributed by atoms with E-state index in [1.165, 1.54) is 0 Å². The van der Waals surface area contributed by atoms with Crippen molar-refractivity contribution in [2.45, 2.75) is 13.3 Å². The predicted molar refractivity (Wildman–Crippen MR) is 66.3 cm³/mol. The quantitative estimate of drug-likeness (QED) is 0.798. The monoisotopic (exact) mass is 216 g/mol. The van der Waals surface area contributed by atoms with Crippen LogP contribution in [-0.4, -0.2) is 18.6 Å². The van der Waals surface area contributed by atoms with E-state index in [4.69, 9.17) is 4.42 Å². The molecule has 0 amide bonds. The van der Waals surface area contributed by atoms with E-state index < -0.39 is 0 Å². The van der Waals surface area contributed by atoms with Gasteiger partial charge in [0, 0.05) is 6.92 Å². The van der Waals surface area contributed by atoms with Gasteiger partial charge in [-0.2, -0.15) is 0 Å². The highest BCUT2D eigenvalue weighted by atomic mass is 16.3. The van der Waals surface area contributed by atoms with Gasteiger partial charge in [-0.25, -0.2) is 4.98 Å². The molecule has 0 spiro atoms. The van der Waals surface area contributed by atoms with Crippen molar-refractivity contribution in [3.63, 3.8) is 0 Å². The summed E-state index contributed by atoms with van der Waals surface area (Å²) in [6.07, 6.45) is 5.29. The number of rotatable bonds is 4. The van der Waals surface area contributed by atoms with Crippen LogP contribution in [0.25, 0.3) is 17.2 Å². The van der Waals surface area contributed by atoms with Gasteiger partial charge < -0.3 is 9.73 Å². The molecule has 0 radical (unpaired) electrons. The van der Waals surface area contributed by atoms with Crippen molar-refractivity contribution >= 4 is 17.2 Å². The molecular weight excluding hydrogens is 200 g/mol. The maximum atomic E-state index is 5.48. The second kappa shape index (κ2) is 4.94. The summed E-state index contributed by atoms with van der Waals surface area (Å²) >= 11 is 0. The summed E-state index contributed by atoms with van der Waals surface area (Å²) in [6.45, 7) is 2.86. The first-order valence-corrected chi connectivity index (χ1v) is 5.48. The molecule has 0 bridgehead atoms. The van der Waals surface area contributed by atoms with E-state index in [0.29, 0.717) is 5.89 Å². The van der Waals surface area contributed by atoms with Gasteiger partial charge in [0.1, 0.15) is 5.52 Å². The Balaban J connectivity index is 2.15. The van der Waals surface area contributed by atoms with E-state index in [1.807, 2.05) is 26.1 Å². The van der Waals surface area contributed by atoms with Gasteiger partial charge in [-0.1, -0.05) is 18.2 Å². The van der Waals surface area contributed by atoms with Gasteiger partial charge in [-0.3, -0.25) is 0 Å². The molecule has 0 unspecified atom stereocenters. The molecule has 84 valence electrons. The molecule has 2 aromatic rings. The van der Waals surface area contributed by atoms with Crippen molar-refractivity contribution in [3.05, 3.63) is 35.7 Å². The first-order valence-electron chi connectivity index (χ1n) is 5.48. The molecule has 0 atom stereocenters. The molecule has 0 saturated carbocycles. The van der Waals surface area contributed by atoms with E-state index >= 15 is 0 Å². The number of hydrogen-bond donors (Lipinski definition) is 1. The Kier molecular flexibility index (Phi) is 3.37. The van der Waals surface area contributed by atoms with E-state index in [-0.39, 0.29) is 0 Å². The maximum Gasteiger partial charge on any atom is 0.192 e. The van der Waals surface area contributed by atoms with Crippen molar-refractivity contribution in [1.82, 2.24) is 10.3 Å². The topological polar surface area (TPSA) is 38.1 Å². The lowest BCUT2D eigenvalue weighted by molar-refractivity contribution is 0.561. The van der Waals surface area contributed by atoms with E-state index in [9.17, 15) is 0 Å². The second-order valence-corrected chi connectivity index (χ2v) is 3.75. The van der Waals surface area contributed by atoms with Gasteiger partial charge in [0.2, 0.25) is 0 Å². The highest BCUT2D eigenvalue weighted by Crippen LogP contribution is 2.17. The molecule has 0 aliphatic heterocycles. The Bertz CT molecular complexity index is 500. The average molecular weight is 216 g/mol. The molecule has 3 heteroatoms. The minimum Gasteiger partial charge on any atom is -0.441 e. The summed E-state index contributed by atoms with van der Waals surface area (Å²) in [6, 6.07) is 6.06. The molecule has 0 aliphatic carbocycles. The molecule has 3 nitrogen and oxygen atoms in total. The van der Waals surface area contributed by atoms with Crippen LogP contribution in [0, 0.1) is 6.92 Å². The summed E-state index contributed by atoms with van der Waals surface area (Å²) in [4.78, 5) is 4.26. The Morgan fingerprint density at radius 2 is 2.31 bits per heavy atom. The number of benzene rings is 1. The van der Waals surface area contributed by atoms with Crippen LogP contribution in [0.3, 0.4) is 0 Å². The average Bonchev–Trinajstić information content (AvgIpc) is 2.64. The van der Waals surface area contributed by atoms with Crippen LogP contribution in [0.4, 0.5) is 0 Å². The Labute approximate surface area is 95.2 Å². The molecule has 2 rings (SSSR count). The smallest absolute Gasteiger partial charge is 0.192 e. The largest absolute Gasteiger partial charge is 0.441 e. The summed E-state index contributed by atoms with van der Waals surface area (Å²) in [5.41, 5.74) is 2.93. The van der Waals surface area contributed by atoms with Crippen LogP contribution in [0.5, 0.6) is 0 Å². The molecule has 1 aromatic heterocycles. The van der Waals surface area contributed by atoms with E-state index in [0.717, 1.165) is 29.6 Å². The molecule has 0 fully saturated rings. The minimum atomic E-state index is 0.714. The normalized spacial score (nSPS) is 11.6. The third kappa shape index (κ3) is 2.49. The summed E-state index contributed by atoms with van der Waals surface area (Å²) in [7, 11) is 1.96. The predicted octanol–water partition coefficient (Wildman–Crippen LogP) is 2.76. The third-order valence-electron chi connectivity index (χ3n) is 2.39. The van der Waals surface area contributed by atoms with Gasteiger partial charge >= 0.3 is 0 Å². The highest BCUT2D eigenvalue weighted by Gasteiger charge is 2.00. The van der Waals surface area contributed by atoms with Crippen LogP contribution < -0.4 is 5.32 Å². The molecule has 0 aliphatic rings. The number of nitrogens with one attached hydrogen (secondary N) is 1. The molecule has 1 aromatic carbocycles. The van der Waals surface area contributed by atoms with Gasteiger partial charge in [0.25, 0.3) is 0 Å². The third-order valence-corrected chi connectivity index (χ3v) is 2.39. The van der Waals surface area contributed by atoms with E-state index in [2.05, 4.69) is 28.5 Å². The zero-order chi connectivity index (χ0) is 11.4. The standard InChI is InChI=1S/C13H16N2O/c1-10-15-12-7-6-11(9-13(12)16-10)5-3-4-8-14-2/h3,5-7,9,14H,4,8H2,1-2H3. The summed E-state index contributed by atoms with van der Waals surface area (Å²) in [5.74, 6) is 0.714. The molecule has 16 heavy (non-hydrogen) atoms. The lowest BCUT2D eigenvalue weighted by atomic mass is 10.2. The molecule has 1 heterocycles. The Hall–Kier alpha value is -1.61. The van der Waals surface area contributed by atoms with Crippen molar-refractivity contribution in [3.8, 4) is 0 Å². The van der Waals surface area contributed by atoms with Crippen LogP contribution in [0.1, 0.15) is 17.9 Å². The first-order chi connectivity index (χ1) is 7.79. The Morgan fingerprint density at radius 1 is 1.44 bits per heavy atom. The minimum absolute atomic E-state index is 0.714. The van der Waals surface area contributed by atoms with Gasteiger partial charge in [0.15, 0.2) is 11.5 Å². The first kappa shape index (κ1) is 10.9. The van der Waals surface area contributed by atoms with E-state index in [1.54, 1.807) is 0 Å². The fourth-order valence-corrected chi connectivity index (χ4v) is 1.61. The van der Waals surface area contributed by atoms with Crippen molar-refractivity contribution < 1.29 is 4.42 Å². The van der Waals surface area contributed by atoms with Crippen molar-refractivity contribution in [1.29, 1.82) is 0 Å². The van der Waals surface area contributed by atoms with Crippen molar-refractivity contribution in [2.75, 3.05) is 13.6 Å². The van der Waals surface area contributed by atoms with Crippen LogP contribution in [0.2, 0.25) is 0 Å². The summed E-state index contributed by atoms with van der Waals surface area (Å²) in [5, 5.41) is 3.11. The summed E-state index contributed by atoms with van der Waals surface area (Å²) < 4.78 is 5.48. The number of hydrogen-bond acceptors (Lipinski definition) is 3. The highest BCUT2D eigenvalue weighted by molar-refractivity contribution is 5.76. The number of fused-ring (bicyclic) bond motifs is 1. The van der Waals surface area contributed by atoms with Gasteiger partial charge in [-0.05, 0) is 37.7 Å². The van der Waals surface area contributed by atoms with Crippen LogP contribution in [0.15, 0.2) is 28.7 Å². The maximum absolute atomic E-state index is 5.48. The Morgan fingerprint density at radius 3 is 3.12 bits per heavy atom. The number of nitrogens with zero attached hydrogens (tertiary/aromatic N) is 1. The molecule has 1 N–H and O–H groups in total. The molecular formula is C13H16N2O. The van der Waals surface area contributed by atoms with Crippen molar-refractivity contribution in [2.24, 2.45) is 0 Å².